The number of amides is 3. The van der Waals surface area contributed by atoms with E-state index >= 15 is 0 Å². The second-order valence-corrected chi connectivity index (χ2v) is 11.8. The largest absolute Gasteiger partial charge is 0.459 e. The fraction of sp³-hybridized carbons (Fsp3) is 0.455. The van der Waals surface area contributed by atoms with Crippen LogP contribution in [0.4, 0.5) is 0 Å². The predicted octanol–water partition coefficient (Wildman–Crippen LogP) is -1.17. The molecule has 0 aliphatic carbocycles. The number of esters is 1. The first kappa shape index (κ1) is 38.9. The van der Waals surface area contributed by atoms with Gasteiger partial charge in [0.05, 0.1) is 0 Å². The van der Waals surface area contributed by atoms with Gasteiger partial charge in [-0.15, -0.1) is 0 Å². The highest BCUT2D eigenvalue weighted by Crippen LogP contribution is 2.08. The van der Waals surface area contributed by atoms with E-state index in [1.165, 1.54) is 26.2 Å². The van der Waals surface area contributed by atoms with Gasteiger partial charge in [-0.1, -0.05) is 30.3 Å². The topological polar surface area (TPSA) is 249 Å². The van der Waals surface area contributed by atoms with Gasteiger partial charge in [0.1, 0.15) is 31.8 Å². The third-order valence-electron chi connectivity index (χ3n) is 7.67. The van der Waals surface area contributed by atoms with Gasteiger partial charge in [-0.3, -0.25) is 43.1 Å². The van der Waals surface area contributed by atoms with Gasteiger partial charge in [-0.05, 0) is 64.5 Å². The lowest BCUT2D eigenvalue weighted by Gasteiger charge is -2.20. The molecule has 0 aliphatic rings. The molecule has 0 fully saturated rings. The van der Waals surface area contributed by atoms with Crippen molar-refractivity contribution < 1.29 is 23.9 Å². The van der Waals surface area contributed by atoms with Crippen molar-refractivity contribution >= 4 is 23.7 Å². The van der Waals surface area contributed by atoms with Crippen LogP contribution in [0.5, 0.6) is 0 Å². The van der Waals surface area contributed by atoms with Crippen LogP contribution in [0.25, 0.3) is 0 Å². The van der Waals surface area contributed by atoms with Gasteiger partial charge in [-0.2, -0.15) is 0 Å². The maximum atomic E-state index is 13.1. The first-order chi connectivity index (χ1) is 23.9. The molecule has 0 radical (unpaired) electrons. The fourth-order valence-electron chi connectivity index (χ4n) is 4.91. The second-order valence-electron chi connectivity index (χ2n) is 11.8. The summed E-state index contributed by atoms with van der Waals surface area (Å²) in [5.74, 6) is -2.38. The van der Waals surface area contributed by atoms with Crippen molar-refractivity contribution in [1.29, 1.82) is 0 Å². The Balaban J connectivity index is 1.58. The number of rotatable bonds is 19. The molecule has 17 heteroatoms. The smallest absolute Gasteiger partial charge is 0.328 e. The Hall–Kier alpha value is -5.58. The van der Waals surface area contributed by atoms with Crippen molar-refractivity contribution in [3.63, 3.8) is 0 Å². The molecule has 3 rings (SSSR count). The number of H-pyrrole nitrogens is 2. The van der Waals surface area contributed by atoms with Gasteiger partial charge in [0, 0.05) is 30.1 Å². The average molecular weight is 697 g/mol. The van der Waals surface area contributed by atoms with E-state index in [2.05, 4.69) is 25.9 Å². The van der Waals surface area contributed by atoms with Crippen LogP contribution in [0, 0.1) is 13.8 Å². The summed E-state index contributed by atoms with van der Waals surface area (Å²) >= 11 is 0. The SMILES string of the molecule is Cc1cn(CC(=O)N[C@@H](CCCCN)C(=O)NCCCC[C@H](NC(=O)Cn2cc(C)c(=O)[nH]c2=O)C(=O)OCc2ccccc2)c(=O)[nH]c1=O. The van der Waals surface area contributed by atoms with Gasteiger partial charge < -0.3 is 26.4 Å². The minimum absolute atomic E-state index is 0.0195. The number of nitrogens with zero attached hydrogens (tertiary/aromatic N) is 2. The van der Waals surface area contributed by atoms with E-state index in [4.69, 9.17) is 10.5 Å². The number of ether oxygens (including phenoxy) is 1. The molecule has 50 heavy (non-hydrogen) atoms. The van der Waals surface area contributed by atoms with Crippen LogP contribution < -0.4 is 44.2 Å². The fourth-order valence-corrected chi connectivity index (χ4v) is 4.91. The third kappa shape index (κ3) is 12.5. The Kier molecular flexibility index (Phi) is 15.1. The van der Waals surface area contributed by atoms with Gasteiger partial charge in [-0.25, -0.2) is 14.4 Å². The Morgan fingerprint density at radius 3 is 1.84 bits per heavy atom. The standard InChI is InChI=1S/C33H44N8O9/c1-21-16-40(32(48)38-28(21)44)18-26(42)36-24(12-6-8-14-34)30(46)35-15-9-7-13-25(31(47)50-20-23-10-4-3-5-11-23)37-27(43)19-41-17-22(2)29(45)39-33(41)49/h3-5,10-11,16-17,24-25H,6-9,12-15,18-20,34H2,1-2H3,(H,35,46)(H,36,42)(H,37,43)(H,38,44,48)(H,39,45,49)/t24-,25-/m0/s1. The Morgan fingerprint density at radius 1 is 0.760 bits per heavy atom. The highest BCUT2D eigenvalue weighted by atomic mass is 16.5. The van der Waals surface area contributed by atoms with Crippen molar-refractivity contribution in [2.45, 2.75) is 84.2 Å². The number of benzene rings is 1. The van der Waals surface area contributed by atoms with Gasteiger partial charge >= 0.3 is 17.3 Å². The van der Waals surface area contributed by atoms with Gasteiger partial charge in [0.25, 0.3) is 11.1 Å². The lowest BCUT2D eigenvalue weighted by Crippen LogP contribution is -2.48. The molecule has 2 heterocycles. The quantitative estimate of drug-likeness (QED) is 0.0647. The van der Waals surface area contributed by atoms with E-state index in [1.54, 1.807) is 24.3 Å². The summed E-state index contributed by atoms with van der Waals surface area (Å²) in [6.45, 7) is 2.71. The molecule has 0 aliphatic heterocycles. The highest BCUT2D eigenvalue weighted by Gasteiger charge is 2.24. The van der Waals surface area contributed by atoms with Crippen LogP contribution in [0.2, 0.25) is 0 Å². The van der Waals surface area contributed by atoms with Crippen molar-refractivity contribution in [1.82, 2.24) is 35.1 Å². The number of carbonyl (C=O) groups is 4. The first-order valence-electron chi connectivity index (χ1n) is 16.3. The number of unbranched alkanes of at least 4 members (excludes halogenated alkanes) is 2. The van der Waals surface area contributed by atoms with Crippen LogP contribution in [0.1, 0.15) is 55.2 Å². The molecular formula is C33H44N8O9. The van der Waals surface area contributed by atoms with Crippen molar-refractivity contribution in [3.8, 4) is 0 Å². The van der Waals surface area contributed by atoms with E-state index in [9.17, 15) is 38.4 Å². The zero-order chi connectivity index (χ0) is 36.6. The Labute approximate surface area is 286 Å². The maximum Gasteiger partial charge on any atom is 0.328 e. The van der Waals surface area contributed by atoms with Gasteiger partial charge in [0.15, 0.2) is 0 Å². The highest BCUT2D eigenvalue weighted by molar-refractivity contribution is 5.87. The van der Waals surface area contributed by atoms with E-state index < -0.39 is 71.4 Å². The number of nitrogens with two attached hydrogens (primary N) is 1. The molecule has 0 saturated heterocycles. The number of hydrogen-bond acceptors (Lipinski definition) is 10. The van der Waals surface area contributed by atoms with Gasteiger partial charge in [0.2, 0.25) is 17.7 Å². The molecule has 17 nitrogen and oxygen atoms in total. The van der Waals surface area contributed by atoms with E-state index in [0.29, 0.717) is 38.6 Å². The van der Waals surface area contributed by atoms with Crippen LogP contribution in [-0.2, 0) is 43.6 Å². The molecule has 0 saturated carbocycles. The molecule has 0 spiro atoms. The minimum Gasteiger partial charge on any atom is -0.459 e. The van der Waals surface area contributed by atoms with Crippen LogP contribution >= 0.6 is 0 Å². The minimum atomic E-state index is -1.07. The molecule has 7 N–H and O–H groups in total. The summed E-state index contributed by atoms with van der Waals surface area (Å²) in [4.78, 5) is 104. The molecule has 270 valence electrons. The summed E-state index contributed by atoms with van der Waals surface area (Å²) in [7, 11) is 0. The normalized spacial score (nSPS) is 12.1. The maximum absolute atomic E-state index is 13.1. The number of hydrogen-bond donors (Lipinski definition) is 6. The molecule has 3 amide bonds. The first-order valence-corrected chi connectivity index (χ1v) is 16.3. The summed E-state index contributed by atoms with van der Waals surface area (Å²) < 4.78 is 7.51. The molecule has 3 aromatic rings. The summed E-state index contributed by atoms with van der Waals surface area (Å²) in [5.41, 5.74) is 4.18. The molecule has 0 bridgehead atoms. The lowest BCUT2D eigenvalue weighted by atomic mass is 10.1. The molecule has 0 unspecified atom stereocenters. The zero-order valence-corrected chi connectivity index (χ0v) is 28.1. The number of aryl methyl sites for hydroxylation is 2. The van der Waals surface area contributed by atoms with Crippen LogP contribution in [0.15, 0.2) is 61.9 Å². The summed E-state index contributed by atoms with van der Waals surface area (Å²) in [6, 6.07) is 7.00. The Bertz CT molecular complexity index is 1860. The summed E-state index contributed by atoms with van der Waals surface area (Å²) in [6.07, 6.45) is 4.93. The second kappa shape index (κ2) is 19.4. The number of aromatic amines is 2. The van der Waals surface area contributed by atoms with Crippen molar-refractivity contribution in [2.24, 2.45) is 5.73 Å². The molecule has 1 aromatic carbocycles. The van der Waals surface area contributed by atoms with Crippen LogP contribution in [0.3, 0.4) is 0 Å². The molecule has 2 atom stereocenters. The third-order valence-corrected chi connectivity index (χ3v) is 7.67. The van der Waals surface area contributed by atoms with E-state index in [0.717, 1.165) is 14.7 Å². The van der Waals surface area contributed by atoms with Crippen molar-refractivity contribution in [2.75, 3.05) is 13.1 Å². The number of carbonyl (C=O) groups excluding carboxylic acids is 4. The Morgan fingerprint density at radius 2 is 1.28 bits per heavy atom. The summed E-state index contributed by atoms with van der Waals surface area (Å²) in [5, 5.41) is 8.02. The lowest BCUT2D eigenvalue weighted by molar-refractivity contribution is -0.149. The van der Waals surface area contributed by atoms with Crippen LogP contribution in [-0.4, -0.2) is 68.0 Å². The molecular weight excluding hydrogens is 652 g/mol. The average Bonchev–Trinajstić information content (AvgIpc) is 3.07. The van der Waals surface area contributed by atoms with E-state index in [-0.39, 0.29) is 30.7 Å². The predicted molar refractivity (Wildman–Crippen MR) is 182 cm³/mol. The molecule has 2 aromatic heterocycles. The number of aromatic nitrogens is 4. The van der Waals surface area contributed by atoms with Crippen molar-refractivity contribution in [3.05, 3.63) is 101 Å². The monoisotopic (exact) mass is 696 g/mol. The number of nitrogens with one attached hydrogen (secondary N) is 5. The van der Waals surface area contributed by atoms with E-state index in [1.807, 2.05) is 6.07 Å². The zero-order valence-electron chi connectivity index (χ0n) is 28.1.